The second kappa shape index (κ2) is 5.36. The molecule has 0 bridgehead atoms. The third kappa shape index (κ3) is 3.55. The maximum Gasteiger partial charge on any atom is 0.407 e. The zero-order chi connectivity index (χ0) is 11.3. The molecule has 5 heteroatoms. The average Bonchev–Trinajstić information content (AvgIpc) is 2.11. The fourth-order valence-corrected chi connectivity index (χ4v) is 0.883. The Morgan fingerprint density at radius 1 is 1.21 bits per heavy atom. The molecule has 0 aromatic heterocycles. The highest BCUT2D eigenvalue weighted by molar-refractivity contribution is 6.07. The van der Waals surface area contributed by atoms with Gasteiger partial charge in [-0.15, -0.1) is 0 Å². The van der Waals surface area contributed by atoms with Crippen molar-refractivity contribution in [1.82, 2.24) is 5.32 Å². The molecule has 1 atom stereocenters. The lowest BCUT2D eigenvalue weighted by Gasteiger charge is -2.15. The number of hydrogen-bond acceptors (Lipinski definition) is 4. The summed E-state index contributed by atoms with van der Waals surface area (Å²) in [7, 11) is 1.17. The molecule has 0 radical (unpaired) electrons. The van der Waals surface area contributed by atoms with Crippen LogP contribution in [0.2, 0.25) is 0 Å². The average molecular weight is 201 g/mol. The SMILES string of the molecule is COC(=O)NC(C(C)=O)C(=O)C(C)C. The number of amides is 1. The molecular formula is C9H15NO4. The van der Waals surface area contributed by atoms with Gasteiger partial charge in [-0.1, -0.05) is 13.8 Å². The lowest BCUT2D eigenvalue weighted by molar-refractivity contribution is -0.130. The first-order valence-electron chi connectivity index (χ1n) is 4.28. The molecule has 1 N–H and O–H groups in total. The van der Waals surface area contributed by atoms with E-state index >= 15 is 0 Å². The number of Topliss-reactive ketones (excluding diaryl/α,β-unsaturated/α-hetero) is 2. The number of methoxy groups -OCH3 is 1. The summed E-state index contributed by atoms with van der Waals surface area (Å²) < 4.78 is 4.31. The molecule has 0 aromatic rings. The van der Waals surface area contributed by atoms with Gasteiger partial charge in [0.05, 0.1) is 7.11 Å². The molecule has 0 fully saturated rings. The number of ketones is 2. The van der Waals surface area contributed by atoms with Crippen molar-refractivity contribution in [3.8, 4) is 0 Å². The fourth-order valence-electron chi connectivity index (χ4n) is 0.883. The van der Waals surface area contributed by atoms with E-state index in [-0.39, 0.29) is 11.7 Å². The van der Waals surface area contributed by atoms with E-state index in [9.17, 15) is 14.4 Å². The number of nitrogens with one attached hydrogen (secondary N) is 1. The zero-order valence-electron chi connectivity index (χ0n) is 8.79. The van der Waals surface area contributed by atoms with Crippen molar-refractivity contribution in [2.75, 3.05) is 7.11 Å². The van der Waals surface area contributed by atoms with Crippen LogP contribution in [0.3, 0.4) is 0 Å². The highest BCUT2D eigenvalue weighted by atomic mass is 16.5. The molecule has 0 spiro atoms. The molecule has 0 heterocycles. The van der Waals surface area contributed by atoms with E-state index in [1.54, 1.807) is 13.8 Å². The Hall–Kier alpha value is -1.39. The summed E-state index contributed by atoms with van der Waals surface area (Å²) in [6.07, 6.45) is -0.779. The standard InChI is InChI=1S/C9H15NO4/c1-5(2)8(12)7(6(3)11)10-9(13)14-4/h5,7H,1-4H3,(H,10,13). The van der Waals surface area contributed by atoms with E-state index in [1.165, 1.54) is 14.0 Å². The van der Waals surface area contributed by atoms with Crippen LogP contribution in [0.25, 0.3) is 0 Å². The van der Waals surface area contributed by atoms with E-state index < -0.39 is 17.9 Å². The molecule has 80 valence electrons. The third-order valence-corrected chi connectivity index (χ3v) is 1.71. The Morgan fingerprint density at radius 3 is 2.00 bits per heavy atom. The van der Waals surface area contributed by atoms with Crippen LogP contribution < -0.4 is 5.32 Å². The van der Waals surface area contributed by atoms with E-state index in [4.69, 9.17) is 0 Å². The molecule has 0 saturated heterocycles. The van der Waals surface area contributed by atoms with E-state index in [0.29, 0.717) is 0 Å². The predicted molar refractivity (Wildman–Crippen MR) is 49.9 cm³/mol. The maximum absolute atomic E-state index is 11.4. The molecule has 1 unspecified atom stereocenters. The molecule has 0 rings (SSSR count). The predicted octanol–water partition coefficient (Wildman–Crippen LogP) is 0.525. The number of hydrogen-bond donors (Lipinski definition) is 1. The van der Waals surface area contributed by atoms with Gasteiger partial charge in [0.25, 0.3) is 0 Å². The molecule has 0 aliphatic carbocycles. The summed E-state index contributed by atoms with van der Waals surface area (Å²) in [6.45, 7) is 4.58. The molecule has 5 nitrogen and oxygen atoms in total. The summed E-state index contributed by atoms with van der Waals surface area (Å²) in [5.41, 5.74) is 0. The quantitative estimate of drug-likeness (QED) is 0.673. The Bertz CT molecular complexity index is 247. The molecule has 0 saturated carbocycles. The maximum atomic E-state index is 11.4. The normalized spacial score (nSPS) is 12.1. The molecule has 0 aliphatic heterocycles. The van der Waals surface area contributed by atoms with Gasteiger partial charge in [0.15, 0.2) is 11.6 Å². The third-order valence-electron chi connectivity index (χ3n) is 1.71. The topological polar surface area (TPSA) is 72.5 Å². The minimum Gasteiger partial charge on any atom is -0.453 e. The Kier molecular flexibility index (Phi) is 4.83. The second-order valence-corrected chi connectivity index (χ2v) is 3.24. The van der Waals surface area contributed by atoms with E-state index in [0.717, 1.165) is 0 Å². The van der Waals surface area contributed by atoms with Crippen LogP contribution in [0, 0.1) is 5.92 Å². The zero-order valence-corrected chi connectivity index (χ0v) is 8.79. The lowest BCUT2D eigenvalue weighted by atomic mass is 9.99. The summed E-state index contributed by atoms with van der Waals surface area (Å²) >= 11 is 0. The number of carbonyl (C=O) groups is 3. The van der Waals surface area contributed by atoms with Gasteiger partial charge in [-0.25, -0.2) is 4.79 Å². The van der Waals surface area contributed by atoms with Crippen LogP contribution in [-0.4, -0.2) is 30.8 Å². The second-order valence-electron chi connectivity index (χ2n) is 3.24. The Balaban J connectivity index is 4.53. The van der Waals surface area contributed by atoms with Crippen molar-refractivity contribution >= 4 is 17.7 Å². The van der Waals surface area contributed by atoms with E-state index in [1.807, 2.05) is 0 Å². The van der Waals surface area contributed by atoms with Crippen LogP contribution in [0.4, 0.5) is 4.79 Å². The van der Waals surface area contributed by atoms with Crippen molar-refractivity contribution in [2.24, 2.45) is 5.92 Å². The molecule has 0 aliphatic rings. The van der Waals surface area contributed by atoms with Crippen LogP contribution in [0.15, 0.2) is 0 Å². The van der Waals surface area contributed by atoms with Crippen molar-refractivity contribution in [1.29, 1.82) is 0 Å². The highest BCUT2D eigenvalue weighted by Gasteiger charge is 2.27. The van der Waals surface area contributed by atoms with Crippen LogP contribution >= 0.6 is 0 Å². The summed E-state index contributed by atoms with van der Waals surface area (Å²) in [5, 5.41) is 2.19. The molecule has 0 aromatic carbocycles. The number of alkyl carbamates (subject to hydrolysis) is 1. The summed E-state index contributed by atoms with van der Waals surface area (Å²) in [6, 6.07) is -1.09. The smallest absolute Gasteiger partial charge is 0.407 e. The largest absolute Gasteiger partial charge is 0.453 e. The van der Waals surface area contributed by atoms with Gasteiger partial charge in [0, 0.05) is 5.92 Å². The molecular weight excluding hydrogens is 186 g/mol. The van der Waals surface area contributed by atoms with Gasteiger partial charge in [-0.2, -0.15) is 0 Å². The highest BCUT2D eigenvalue weighted by Crippen LogP contribution is 2.01. The van der Waals surface area contributed by atoms with Crippen molar-refractivity contribution in [3.05, 3.63) is 0 Å². The van der Waals surface area contributed by atoms with Crippen LogP contribution in [0.5, 0.6) is 0 Å². The molecule has 14 heavy (non-hydrogen) atoms. The van der Waals surface area contributed by atoms with Crippen molar-refractivity contribution in [3.63, 3.8) is 0 Å². The van der Waals surface area contributed by atoms with E-state index in [2.05, 4.69) is 10.1 Å². The van der Waals surface area contributed by atoms with Gasteiger partial charge in [-0.3, -0.25) is 9.59 Å². The fraction of sp³-hybridized carbons (Fsp3) is 0.667. The number of carbonyl (C=O) groups excluding carboxylic acids is 3. The van der Waals surface area contributed by atoms with Crippen LogP contribution in [0.1, 0.15) is 20.8 Å². The first-order valence-corrected chi connectivity index (χ1v) is 4.28. The first kappa shape index (κ1) is 12.6. The van der Waals surface area contributed by atoms with Gasteiger partial charge in [0.2, 0.25) is 0 Å². The van der Waals surface area contributed by atoms with Crippen molar-refractivity contribution < 1.29 is 19.1 Å². The first-order chi connectivity index (χ1) is 6.40. The Labute approximate surface area is 82.8 Å². The Morgan fingerprint density at radius 2 is 1.71 bits per heavy atom. The van der Waals surface area contributed by atoms with Gasteiger partial charge in [0.1, 0.15) is 6.04 Å². The lowest BCUT2D eigenvalue weighted by Crippen LogP contribution is -2.47. The monoisotopic (exact) mass is 201 g/mol. The summed E-state index contributed by atoms with van der Waals surface area (Å²) in [4.78, 5) is 33.3. The van der Waals surface area contributed by atoms with Gasteiger partial charge >= 0.3 is 6.09 Å². The minimum absolute atomic E-state index is 0.305. The summed E-state index contributed by atoms with van der Waals surface area (Å²) in [5.74, 6) is -1.02. The number of rotatable bonds is 4. The minimum atomic E-state index is -1.09. The van der Waals surface area contributed by atoms with Crippen molar-refractivity contribution in [2.45, 2.75) is 26.8 Å². The molecule has 1 amide bonds. The van der Waals surface area contributed by atoms with Crippen LogP contribution in [-0.2, 0) is 14.3 Å². The van der Waals surface area contributed by atoms with Gasteiger partial charge in [-0.05, 0) is 6.92 Å². The van der Waals surface area contributed by atoms with Gasteiger partial charge < -0.3 is 10.1 Å². The number of ether oxygens (including phenoxy) is 1.